The standard InChI is InChI=1S/C15H26N4O/c1-4-12-9-14(19(5-2)18-12)15(20)17-10-13-11(3)7-6-8-16-13/h9,11,13,16H,4-8,10H2,1-3H3,(H,17,20). The van der Waals surface area contributed by atoms with Gasteiger partial charge in [-0.15, -0.1) is 0 Å². The van der Waals surface area contributed by atoms with Gasteiger partial charge in [0.25, 0.3) is 5.91 Å². The molecule has 5 nitrogen and oxygen atoms in total. The Labute approximate surface area is 121 Å². The van der Waals surface area contributed by atoms with E-state index >= 15 is 0 Å². The molecule has 0 aliphatic carbocycles. The zero-order chi connectivity index (χ0) is 14.5. The average molecular weight is 278 g/mol. The third kappa shape index (κ3) is 3.39. The van der Waals surface area contributed by atoms with Crippen molar-refractivity contribution in [2.24, 2.45) is 5.92 Å². The van der Waals surface area contributed by atoms with Crippen LogP contribution in [0.25, 0.3) is 0 Å². The van der Waals surface area contributed by atoms with Crippen LogP contribution in [0.15, 0.2) is 6.07 Å². The van der Waals surface area contributed by atoms with E-state index < -0.39 is 0 Å². The fourth-order valence-electron chi connectivity index (χ4n) is 2.75. The van der Waals surface area contributed by atoms with E-state index in [1.807, 2.05) is 13.0 Å². The lowest BCUT2D eigenvalue weighted by Crippen LogP contribution is -2.48. The Bertz CT molecular complexity index is 455. The summed E-state index contributed by atoms with van der Waals surface area (Å²) in [6, 6.07) is 2.28. The largest absolute Gasteiger partial charge is 0.349 e. The molecule has 1 aromatic heterocycles. The number of nitrogens with zero attached hydrogens (tertiary/aromatic N) is 2. The zero-order valence-electron chi connectivity index (χ0n) is 12.8. The van der Waals surface area contributed by atoms with Crippen molar-refractivity contribution in [1.82, 2.24) is 20.4 Å². The summed E-state index contributed by atoms with van der Waals surface area (Å²) in [6.07, 6.45) is 3.32. The number of aryl methyl sites for hydroxylation is 2. The molecule has 2 unspecified atom stereocenters. The molecule has 0 bridgehead atoms. The molecule has 2 heterocycles. The van der Waals surface area contributed by atoms with Crippen LogP contribution in [0.1, 0.15) is 49.8 Å². The van der Waals surface area contributed by atoms with Crippen molar-refractivity contribution in [2.75, 3.05) is 13.1 Å². The Morgan fingerprint density at radius 1 is 1.55 bits per heavy atom. The van der Waals surface area contributed by atoms with Crippen molar-refractivity contribution >= 4 is 5.91 Å². The summed E-state index contributed by atoms with van der Waals surface area (Å²) in [7, 11) is 0. The maximum absolute atomic E-state index is 12.3. The maximum Gasteiger partial charge on any atom is 0.269 e. The van der Waals surface area contributed by atoms with Crippen molar-refractivity contribution in [3.05, 3.63) is 17.5 Å². The van der Waals surface area contributed by atoms with Gasteiger partial charge in [-0.05, 0) is 44.7 Å². The lowest BCUT2D eigenvalue weighted by Gasteiger charge is -2.30. The molecule has 112 valence electrons. The SMILES string of the molecule is CCc1cc(C(=O)NCC2NCCCC2C)n(CC)n1. The van der Waals surface area contributed by atoms with Gasteiger partial charge in [0.2, 0.25) is 0 Å². The molecule has 1 amide bonds. The van der Waals surface area contributed by atoms with Gasteiger partial charge in [-0.3, -0.25) is 9.48 Å². The highest BCUT2D eigenvalue weighted by Gasteiger charge is 2.22. The molecule has 2 rings (SSSR count). The van der Waals surface area contributed by atoms with E-state index in [1.165, 1.54) is 12.8 Å². The predicted octanol–water partition coefficient (Wildman–Crippen LogP) is 1.58. The van der Waals surface area contributed by atoms with Crippen molar-refractivity contribution < 1.29 is 4.79 Å². The molecule has 2 N–H and O–H groups in total. The molecule has 5 heteroatoms. The highest BCUT2D eigenvalue weighted by atomic mass is 16.2. The quantitative estimate of drug-likeness (QED) is 0.860. The van der Waals surface area contributed by atoms with E-state index in [2.05, 4.69) is 29.6 Å². The molecule has 1 saturated heterocycles. The lowest BCUT2D eigenvalue weighted by molar-refractivity contribution is 0.0933. The molecule has 0 radical (unpaired) electrons. The van der Waals surface area contributed by atoms with E-state index in [0.29, 0.717) is 24.2 Å². The van der Waals surface area contributed by atoms with Gasteiger partial charge < -0.3 is 10.6 Å². The molecule has 1 aromatic rings. The molecule has 2 atom stereocenters. The number of hydrogen-bond acceptors (Lipinski definition) is 3. The van der Waals surface area contributed by atoms with Crippen LogP contribution in [0, 0.1) is 5.92 Å². The van der Waals surface area contributed by atoms with Crippen LogP contribution in [-0.2, 0) is 13.0 Å². The second kappa shape index (κ2) is 6.88. The van der Waals surface area contributed by atoms with Crippen LogP contribution in [0.3, 0.4) is 0 Å². The van der Waals surface area contributed by atoms with Gasteiger partial charge in [-0.25, -0.2) is 0 Å². The van der Waals surface area contributed by atoms with E-state index in [1.54, 1.807) is 4.68 Å². The van der Waals surface area contributed by atoms with Gasteiger partial charge in [-0.1, -0.05) is 13.8 Å². The molecular formula is C15H26N4O. The molecule has 1 aliphatic rings. The highest BCUT2D eigenvalue weighted by Crippen LogP contribution is 2.15. The molecule has 20 heavy (non-hydrogen) atoms. The molecule has 0 spiro atoms. The normalized spacial score (nSPS) is 22.8. The Kier molecular flexibility index (Phi) is 5.17. The Morgan fingerprint density at radius 3 is 3.00 bits per heavy atom. The third-order valence-corrected chi connectivity index (χ3v) is 4.14. The van der Waals surface area contributed by atoms with Gasteiger partial charge in [-0.2, -0.15) is 5.10 Å². The molecule has 1 fully saturated rings. The van der Waals surface area contributed by atoms with Crippen LogP contribution >= 0.6 is 0 Å². The van der Waals surface area contributed by atoms with Gasteiger partial charge in [0.05, 0.1) is 5.69 Å². The van der Waals surface area contributed by atoms with Crippen LogP contribution in [0.2, 0.25) is 0 Å². The first kappa shape index (κ1) is 15.0. The van der Waals surface area contributed by atoms with Crippen LogP contribution in [0.5, 0.6) is 0 Å². The van der Waals surface area contributed by atoms with Gasteiger partial charge >= 0.3 is 0 Å². The fraction of sp³-hybridized carbons (Fsp3) is 0.733. The summed E-state index contributed by atoms with van der Waals surface area (Å²) in [5.41, 5.74) is 1.65. The molecule has 0 saturated carbocycles. The minimum Gasteiger partial charge on any atom is -0.349 e. The molecule has 0 aromatic carbocycles. The maximum atomic E-state index is 12.3. The summed E-state index contributed by atoms with van der Waals surface area (Å²) >= 11 is 0. The van der Waals surface area contributed by atoms with Crippen LogP contribution in [-0.4, -0.2) is 34.8 Å². The summed E-state index contributed by atoms with van der Waals surface area (Å²) in [5.74, 6) is 0.602. The average Bonchev–Trinajstić information content (AvgIpc) is 2.89. The number of aromatic nitrogens is 2. The fourth-order valence-corrected chi connectivity index (χ4v) is 2.75. The van der Waals surface area contributed by atoms with E-state index in [4.69, 9.17) is 0 Å². The summed E-state index contributed by atoms with van der Waals surface area (Å²) < 4.78 is 1.78. The van der Waals surface area contributed by atoms with Crippen LogP contribution in [0.4, 0.5) is 0 Å². The van der Waals surface area contributed by atoms with Gasteiger partial charge in [0.1, 0.15) is 5.69 Å². The van der Waals surface area contributed by atoms with Gasteiger partial charge in [0.15, 0.2) is 0 Å². The van der Waals surface area contributed by atoms with Crippen molar-refractivity contribution in [3.63, 3.8) is 0 Å². The van der Waals surface area contributed by atoms with Crippen molar-refractivity contribution in [2.45, 2.75) is 52.6 Å². The number of amides is 1. The van der Waals surface area contributed by atoms with Crippen molar-refractivity contribution in [3.8, 4) is 0 Å². The number of nitrogens with one attached hydrogen (secondary N) is 2. The lowest BCUT2D eigenvalue weighted by atomic mass is 9.93. The Balaban J connectivity index is 1.95. The Hall–Kier alpha value is -1.36. The first-order valence-electron chi connectivity index (χ1n) is 7.74. The first-order chi connectivity index (χ1) is 9.65. The topological polar surface area (TPSA) is 59.0 Å². The monoisotopic (exact) mass is 278 g/mol. The zero-order valence-corrected chi connectivity index (χ0v) is 12.8. The third-order valence-electron chi connectivity index (χ3n) is 4.14. The number of carbonyl (C=O) groups excluding carboxylic acids is 1. The number of rotatable bonds is 5. The Morgan fingerprint density at radius 2 is 2.35 bits per heavy atom. The number of carbonyl (C=O) groups is 1. The molecular weight excluding hydrogens is 252 g/mol. The van der Waals surface area contributed by atoms with E-state index in [-0.39, 0.29) is 5.91 Å². The second-order valence-electron chi connectivity index (χ2n) is 5.58. The minimum absolute atomic E-state index is 0.0152. The molecule has 1 aliphatic heterocycles. The minimum atomic E-state index is -0.0152. The van der Waals surface area contributed by atoms with E-state index in [0.717, 1.165) is 25.2 Å². The smallest absolute Gasteiger partial charge is 0.269 e. The van der Waals surface area contributed by atoms with Crippen molar-refractivity contribution in [1.29, 1.82) is 0 Å². The summed E-state index contributed by atoms with van der Waals surface area (Å²) in [4.78, 5) is 12.3. The first-order valence-corrected chi connectivity index (χ1v) is 7.74. The highest BCUT2D eigenvalue weighted by molar-refractivity contribution is 5.92. The second-order valence-corrected chi connectivity index (χ2v) is 5.58. The van der Waals surface area contributed by atoms with Gasteiger partial charge in [0, 0.05) is 19.1 Å². The number of piperidine rings is 1. The number of hydrogen-bond donors (Lipinski definition) is 2. The van der Waals surface area contributed by atoms with E-state index in [9.17, 15) is 4.79 Å². The predicted molar refractivity (Wildman–Crippen MR) is 79.8 cm³/mol. The van der Waals surface area contributed by atoms with Crippen LogP contribution < -0.4 is 10.6 Å². The summed E-state index contributed by atoms with van der Waals surface area (Å²) in [6.45, 7) is 8.77. The summed E-state index contributed by atoms with van der Waals surface area (Å²) in [5, 5.41) is 11.0.